The number of aliphatic hydroxyl groups excluding tert-OH is 1. The number of sulfonamides is 2. The summed E-state index contributed by atoms with van der Waals surface area (Å²) in [5, 5.41) is 17.7. The third-order valence-corrected chi connectivity index (χ3v) is 13.8. The molecule has 2 aliphatic heterocycles. The molecule has 0 aliphatic carbocycles. The van der Waals surface area contributed by atoms with Crippen LogP contribution in [0.25, 0.3) is 28.2 Å². The Morgan fingerprint density at radius 2 is 1.77 bits per heavy atom. The van der Waals surface area contributed by atoms with Gasteiger partial charge in [-0.25, -0.2) is 26.8 Å². The third kappa shape index (κ3) is 7.79. The smallest absolute Gasteiger partial charge is 0.278 e. The summed E-state index contributed by atoms with van der Waals surface area (Å²) >= 11 is 1.25. The number of nitrogens with one attached hydrogen (secondary N) is 2. The zero-order chi connectivity index (χ0) is 40.5. The van der Waals surface area contributed by atoms with Crippen LogP contribution < -0.4 is 15.6 Å². The molecule has 0 bridgehead atoms. The van der Waals surface area contributed by atoms with E-state index in [2.05, 4.69) is 25.3 Å². The molecule has 2 aromatic carbocycles. The number of anilines is 1. The SMILES string of the molecule is CCCc1nn(C)c2c(=O)[nH]c(-c3cc(S(=O)(=O)N4CCN(C)CC4)ccc3OCC)nc12.Cc1cnc(NC(=O)C2=C(O)c3ccccc3S(=O)(=O)N2C)s1. The Hall–Kier alpha value is -5.15. The van der Waals surface area contributed by atoms with Crippen molar-refractivity contribution in [2.45, 2.75) is 43.4 Å². The van der Waals surface area contributed by atoms with Crippen molar-refractivity contribution in [3.8, 4) is 17.1 Å². The molecule has 2 aliphatic rings. The fraction of sp³-hybridized carbons (Fsp3) is 0.361. The lowest BCUT2D eigenvalue weighted by molar-refractivity contribution is -0.113. The van der Waals surface area contributed by atoms with Gasteiger partial charge in [0.25, 0.3) is 21.5 Å². The van der Waals surface area contributed by atoms with Gasteiger partial charge in [0.05, 0.1) is 27.7 Å². The number of hydrogen-bond donors (Lipinski definition) is 3. The molecular formula is C36H43N9O8S3. The highest BCUT2D eigenvalue weighted by atomic mass is 32.2. The van der Waals surface area contributed by atoms with Gasteiger partial charge in [-0.1, -0.05) is 25.5 Å². The van der Waals surface area contributed by atoms with Crippen LogP contribution in [0.1, 0.15) is 36.4 Å². The summed E-state index contributed by atoms with van der Waals surface area (Å²) in [5.74, 6) is -0.406. The zero-order valence-corrected chi connectivity index (χ0v) is 34.2. The van der Waals surface area contributed by atoms with Crippen molar-refractivity contribution in [2.24, 2.45) is 7.05 Å². The van der Waals surface area contributed by atoms with E-state index < -0.39 is 26.0 Å². The lowest BCUT2D eigenvalue weighted by Gasteiger charge is -2.31. The zero-order valence-electron chi connectivity index (χ0n) is 31.7. The van der Waals surface area contributed by atoms with Gasteiger partial charge in [-0.15, -0.1) is 11.3 Å². The number of aliphatic hydroxyl groups is 1. The first-order valence-corrected chi connectivity index (χ1v) is 21.4. The lowest BCUT2D eigenvalue weighted by Crippen LogP contribution is -2.47. The maximum atomic E-state index is 13.3. The van der Waals surface area contributed by atoms with Crippen molar-refractivity contribution < 1.29 is 31.5 Å². The maximum Gasteiger partial charge on any atom is 0.278 e. The summed E-state index contributed by atoms with van der Waals surface area (Å²) in [7, 11) is -2.68. The highest BCUT2D eigenvalue weighted by Gasteiger charge is 2.38. The molecular weight excluding hydrogens is 783 g/mol. The molecule has 7 rings (SSSR count). The van der Waals surface area contributed by atoms with Gasteiger partial charge in [0.2, 0.25) is 10.0 Å². The fourth-order valence-corrected chi connectivity index (χ4v) is 9.85. The normalized spacial score (nSPS) is 16.0. The molecule has 0 saturated carbocycles. The number of ether oxygens (including phenoxy) is 1. The summed E-state index contributed by atoms with van der Waals surface area (Å²) in [6.07, 6.45) is 3.13. The molecule has 1 fully saturated rings. The van der Waals surface area contributed by atoms with E-state index in [0.29, 0.717) is 66.7 Å². The third-order valence-electron chi connectivity index (χ3n) is 9.23. The van der Waals surface area contributed by atoms with Crippen molar-refractivity contribution in [3.05, 3.63) is 80.8 Å². The Balaban J connectivity index is 0.000000202. The standard InChI is InChI=1S/C22H30N6O4S.C14H13N3O4S2/c1-5-7-17-19-20(27(4)25-17)22(29)24-21(23-19)16-14-15(8-9-18(16)32-6-2)33(30,31)28-12-10-26(3)11-13-28;1-8-7-15-14(22-8)16-13(19)11-12(18)9-5-3-4-6-10(9)23(20,21)17(11)2/h8-9,14H,5-7,10-13H2,1-4H3,(H,23,24,29);3-7,18H,1-2H3,(H,15,16,19). The number of thiazole rings is 1. The maximum absolute atomic E-state index is 13.3. The molecule has 298 valence electrons. The number of aryl methyl sites for hydroxylation is 3. The number of rotatable bonds is 9. The van der Waals surface area contributed by atoms with Crippen LogP contribution in [-0.2, 0) is 38.3 Å². The van der Waals surface area contributed by atoms with E-state index in [-0.39, 0.29) is 38.2 Å². The van der Waals surface area contributed by atoms with E-state index >= 15 is 0 Å². The van der Waals surface area contributed by atoms with Crippen LogP contribution >= 0.6 is 11.3 Å². The quantitative estimate of drug-likeness (QED) is 0.195. The fourth-order valence-electron chi connectivity index (χ4n) is 6.34. The minimum absolute atomic E-state index is 0.0401. The number of hydrogen-bond acceptors (Lipinski definition) is 13. The number of amides is 1. The second-order valence-electron chi connectivity index (χ2n) is 13.1. The van der Waals surface area contributed by atoms with Crippen LogP contribution in [0.15, 0.2) is 68.9 Å². The molecule has 0 radical (unpaired) electrons. The number of fused-ring (bicyclic) bond motifs is 2. The predicted molar refractivity (Wildman–Crippen MR) is 212 cm³/mol. The molecule has 1 saturated heterocycles. The van der Waals surface area contributed by atoms with Gasteiger partial charge in [-0.05, 0) is 57.6 Å². The largest absolute Gasteiger partial charge is 0.505 e. The van der Waals surface area contributed by atoms with Gasteiger partial charge < -0.3 is 19.7 Å². The van der Waals surface area contributed by atoms with E-state index in [1.807, 2.05) is 27.8 Å². The number of carbonyl (C=O) groups is 1. The highest BCUT2D eigenvalue weighted by molar-refractivity contribution is 7.89. The van der Waals surface area contributed by atoms with Crippen LogP contribution in [0.4, 0.5) is 5.13 Å². The van der Waals surface area contributed by atoms with Gasteiger partial charge in [0, 0.05) is 56.9 Å². The molecule has 0 spiro atoms. The van der Waals surface area contributed by atoms with Crippen LogP contribution in [0, 0.1) is 6.92 Å². The number of H-pyrrole nitrogens is 1. The molecule has 5 aromatic rings. The van der Waals surface area contributed by atoms with Crippen molar-refractivity contribution in [1.82, 2.24) is 38.2 Å². The lowest BCUT2D eigenvalue weighted by atomic mass is 10.1. The predicted octanol–water partition coefficient (Wildman–Crippen LogP) is 3.56. The van der Waals surface area contributed by atoms with Gasteiger partial charge in [0.15, 0.2) is 22.1 Å². The van der Waals surface area contributed by atoms with E-state index in [9.17, 15) is 31.5 Å². The molecule has 20 heteroatoms. The van der Waals surface area contributed by atoms with E-state index in [1.165, 1.54) is 39.5 Å². The topological polar surface area (TPSA) is 213 Å². The van der Waals surface area contributed by atoms with Gasteiger partial charge in [-0.3, -0.25) is 23.9 Å². The molecule has 3 N–H and O–H groups in total. The monoisotopic (exact) mass is 825 g/mol. The molecule has 17 nitrogen and oxygen atoms in total. The first kappa shape index (κ1) is 40.5. The number of likely N-dealkylation sites (N-methyl/N-ethyl adjacent to an activating group) is 2. The van der Waals surface area contributed by atoms with Crippen molar-refractivity contribution in [2.75, 3.05) is 52.2 Å². The molecule has 5 heterocycles. The number of piperazine rings is 1. The Labute approximate surface area is 328 Å². The van der Waals surface area contributed by atoms with Gasteiger partial charge in [-0.2, -0.15) is 9.40 Å². The Bertz CT molecular complexity index is 2610. The average molecular weight is 826 g/mol. The van der Waals surface area contributed by atoms with Crippen molar-refractivity contribution >= 4 is 59.2 Å². The number of aromatic amines is 1. The molecule has 0 unspecified atom stereocenters. The molecule has 3 aromatic heterocycles. The van der Waals surface area contributed by atoms with Crippen LogP contribution in [0.2, 0.25) is 0 Å². The highest BCUT2D eigenvalue weighted by Crippen LogP contribution is 2.35. The number of carbonyl (C=O) groups excluding carboxylic acids is 1. The summed E-state index contributed by atoms with van der Waals surface area (Å²) in [4.78, 5) is 39.9. The average Bonchev–Trinajstić information content (AvgIpc) is 3.72. The van der Waals surface area contributed by atoms with Crippen LogP contribution in [0.5, 0.6) is 5.75 Å². The summed E-state index contributed by atoms with van der Waals surface area (Å²) in [5.41, 5.74) is 1.51. The van der Waals surface area contributed by atoms with Crippen LogP contribution in [0.3, 0.4) is 0 Å². The van der Waals surface area contributed by atoms with Crippen LogP contribution in [-0.4, -0.2) is 113 Å². The Kier molecular flexibility index (Phi) is 11.7. The van der Waals surface area contributed by atoms with E-state index in [4.69, 9.17) is 9.72 Å². The second kappa shape index (κ2) is 16.1. The first-order valence-electron chi connectivity index (χ1n) is 17.8. The van der Waals surface area contributed by atoms with Crippen molar-refractivity contribution in [3.63, 3.8) is 0 Å². The number of aromatic nitrogens is 5. The van der Waals surface area contributed by atoms with E-state index in [1.54, 1.807) is 43.6 Å². The minimum Gasteiger partial charge on any atom is -0.505 e. The minimum atomic E-state index is -3.90. The summed E-state index contributed by atoms with van der Waals surface area (Å²) in [6.45, 7) is 8.31. The van der Waals surface area contributed by atoms with Crippen molar-refractivity contribution in [1.29, 1.82) is 0 Å². The second-order valence-corrected chi connectivity index (χ2v) is 18.2. The first-order chi connectivity index (χ1) is 26.6. The Morgan fingerprint density at radius 1 is 1.05 bits per heavy atom. The number of nitrogens with zero attached hydrogens (tertiary/aromatic N) is 7. The molecule has 56 heavy (non-hydrogen) atoms. The Morgan fingerprint density at radius 3 is 2.43 bits per heavy atom. The van der Waals surface area contributed by atoms with Gasteiger partial charge >= 0.3 is 0 Å². The summed E-state index contributed by atoms with van der Waals surface area (Å²) in [6, 6.07) is 10.7. The molecule has 0 atom stereocenters. The number of benzene rings is 2. The summed E-state index contributed by atoms with van der Waals surface area (Å²) < 4.78 is 61.2. The molecule has 1 amide bonds. The van der Waals surface area contributed by atoms with Gasteiger partial charge in [0.1, 0.15) is 17.1 Å². The van der Waals surface area contributed by atoms with E-state index in [0.717, 1.165) is 21.3 Å².